The van der Waals surface area contributed by atoms with E-state index in [0.29, 0.717) is 5.92 Å². The van der Waals surface area contributed by atoms with Crippen LogP contribution in [0.25, 0.3) is 0 Å². The highest BCUT2D eigenvalue weighted by Crippen LogP contribution is 2.25. The summed E-state index contributed by atoms with van der Waals surface area (Å²) < 4.78 is 0. The van der Waals surface area contributed by atoms with Gasteiger partial charge in [-0.25, -0.2) is 0 Å². The van der Waals surface area contributed by atoms with Gasteiger partial charge in [-0.1, -0.05) is 12.1 Å². The average molecular weight is 192 g/mol. The maximum Gasteiger partial charge on any atom is 0.269 e. The zero-order chi connectivity index (χ0) is 9.97. The van der Waals surface area contributed by atoms with Crippen molar-refractivity contribution in [3.05, 3.63) is 39.9 Å². The van der Waals surface area contributed by atoms with Crippen molar-refractivity contribution in [3.8, 4) is 0 Å². The van der Waals surface area contributed by atoms with Crippen molar-refractivity contribution in [1.82, 2.24) is 5.32 Å². The molecule has 1 fully saturated rings. The van der Waals surface area contributed by atoms with Gasteiger partial charge in [0.15, 0.2) is 0 Å². The van der Waals surface area contributed by atoms with E-state index in [0.717, 1.165) is 25.1 Å². The summed E-state index contributed by atoms with van der Waals surface area (Å²) >= 11 is 0. The highest BCUT2D eigenvalue weighted by Gasteiger charge is 2.18. The molecular weight excluding hydrogens is 180 g/mol. The van der Waals surface area contributed by atoms with Gasteiger partial charge in [0.2, 0.25) is 0 Å². The molecule has 0 radical (unpaired) electrons. The van der Waals surface area contributed by atoms with E-state index in [2.05, 4.69) is 5.32 Å². The Balaban J connectivity index is 2.25. The van der Waals surface area contributed by atoms with Gasteiger partial charge in [0.1, 0.15) is 0 Å². The van der Waals surface area contributed by atoms with Crippen LogP contribution in [-0.4, -0.2) is 18.0 Å². The first kappa shape index (κ1) is 9.15. The second-order valence-electron chi connectivity index (χ2n) is 3.54. The van der Waals surface area contributed by atoms with Gasteiger partial charge in [-0.05, 0) is 24.4 Å². The van der Waals surface area contributed by atoms with Crippen molar-refractivity contribution < 1.29 is 4.92 Å². The molecule has 1 heterocycles. The van der Waals surface area contributed by atoms with Gasteiger partial charge in [0.05, 0.1) is 4.92 Å². The second kappa shape index (κ2) is 3.75. The van der Waals surface area contributed by atoms with Crippen molar-refractivity contribution >= 4 is 5.69 Å². The zero-order valence-corrected chi connectivity index (χ0v) is 7.77. The van der Waals surface area contributed by atoms with Crippen molar-refractivity contribution in [2.24, 2.45) is 0 Å². The molecule has 0 aliphatic carbocycles. The van der Waals surface area contributed by atoms with Gasteiger partial charge in [0, 0.05) is 18.7 Å². The molecule has 0 spiro atoms. The van der Waals surface area contributed by atoms with Crippen molar-refractivity contribution in [2.75, 3.05) is 13.1 Å². The fourth-order valence-corrected chi connectivity index (χ4v) is 1.83. The van der Waals surface area contributed by atoms with Crippen molar-refractivity contribution in [2.45, 2.75) is 12.3 Å². The minimum absolute atomic E-state index is 0.189. The number of nitrogens with zero attached hydrogens (tertiary/aromatic N) is 1. The third kappa shape index (κ3) is 1.75. The summed E-state index contributed by atoms with van der Waals surface area (Å²) in [5, 5.41) is 13.8. The van der Waals surface area contributed by atoms with E-state index in [9.17, 15) is 10.1 Å². The number of hydrogen-bond donors (Lipinski definition) is 1. The van der Waals surface area contributed by atoms with E-state index in [1.807, 2.05) is 6.07 Å². The Kier molecular flexibility index (Phi) is 2.45. The minimum atomic E-state index is -0.341. The van der Waals surface area contributed by atoms with E-state index in [1.54, 1.807) is 12.1 Å². The zero-order valence-electron chi connectivity index (χ0n) is 7.77. The van der Waals surface area contributed by atoms with Crippen molar-refractivity contribution in [3.63, 3.8) is 0 Å². The molecule has 1 aromatic rings. The third-order valence-corrected chi connectivity index (χ3v) is 2.61. The smallest absolute Gasteiger partial charge is 0.269 e. The monoisotopic (exact) mass is 192 g/mol. The van der Waals surface area contributed by atoms with Crippen LogP contribution < -0.4 is 5.32 Å². The molecule has 0 unspecified atom stereocenters. The molecule has 14 heavy (non-hydrogen) atoms. The lowest BCUT2D eigenvalue weighted by Gasteiger charge is -2.07. The highest BCUT2D eigenvalue weighted by atomic mass is 16.6. The summed E-state index contributed by atoms with van der Waals surface area (Å²) in [6.45, 7) is 1.94. The molecule has 1 atom stereocenters. The number of nitrogens with one attached hydrogen (secondary N) is 1. The molecule has 1 aliphatic rings. The lowest BCUT2D eigenvalue weighted by Crippen LogP contribution is -2.08. The van der Waals surface area contributed by atoms with Crippen LogP contribution in [0.1, 0.15) is 17.9 Å². The molecule has 1 aromatic carbocycles. The number of nitro benzene ring substituents is 1. The van der Waals surface area contributed by atoms with E-state index in [4.69, 9.17) is 0 Å². The average Bonchev–Trinajstić information content (AvgIpc) is 2.71. The topological polar surface area (TPSA) is 55.2 Å². The molecule has 0 bridgehead atoms. The van der Waals surface area contributed by atoms with Crippen LogP contribution in [0.3, 0.4) is 0 Å². The number of hydrogen-bond acceptors (Lipinski definition) is 3. The Morgan fingerprint density at radius 2 is 2.36 bits per heavy atom. The molecule has 0 amide bonds. The summed E-state index contributed by atoms with van der Waals surface area (Å²) in [4.78, 5) is 10.2. The van der Waals surface area contributed by atoms with Crippen LogP contribution in [0.15, 0.2) is 24.3 Å². The number of rotatable bonds is 2. The Morgan fingerprint density at radius 3 is 3.00 bits per heavy atom. The number of benzene rings is 1. The van der Waals surface area contributed by atoms with Gasteiger partial charge in [-0.2, -0.15) is 0 Å². The van der Waals surface area contributed by atoms with E-state index in [1.165, 1.54) is 6.07 Å². The first-order valence-corrected chi connectivity index (χ1v) is 4.72. The SMILES string of the molecule is O=[N+]([O-])c1cccc([C@H]2CCNC2)c1. The van der Waals surface area contributed by atoms with Crippen LogP contribution in [-0.2, 0) is 0 Å². The molecule has 1 saturated heterocycles. The maximum absolute atomic E-state index is 10.6. The molecular formula is C10H12N2O2. The highest BCUT2D eigenvalue weighted by molar-refractivity contribution is 5.36. The van der Waals surface area contributed by atoms with Crippen LogP contribution in [0.2, 0.25) is 0 Å². The fourth-order valence-electron chi connectivity index (χ4n) is 1.83. The molecule has 0 aromatic heterocycles. The van der Waals surface area contributed by atoms with Gasteiger partial charge >= 0.3 is 0 Å². The molecule has 1 aliphatic heterocycles. The van der Waals surface area contributed by atoms with Crippen LogP contribution in [0, 0.1) is 10.1 Å². The van der Waals surface area contributed by atoms with Crippen LogP contribution in [0.4, 0.5) is 5.69 Å². The summed E-state index contributed by atoms with van der Waals surface area (Å²) in [6, 6.07) is 6.93. The molecule has 2 rings (SSSR count). The minimum Gasteiger partial charge on any atom is -0.316 e. The first-order valence-electron chi connectivity index (χ1n) is 4.72. The molecule has 1 N–H and O–H groups in total. The standard InChI is InChI=1S/C10H12N2O2/c13-12(14)10-3-1-2-8(6-10)9-4-5-11-7-9/h1-3,6,9,11H,4-5,7H2/t9-/m0/s1. The van der Waals surface area contributed by atoms with E-state index >= 15 is 0 Å². The van der Waals surface area contributed by atoms with Gasteiger partial charge in [0.25, 0.3) is 5.69 Å². The molecule has 0 saturated carbocycles. The second-order valence-corrected chi connectivity index (χ2v) is 3.54. The third-order valence-electron chi connectivity index (χ3n) is 2.61. The Morgan fingerprint density at radius 1 is 1.50 bits per heavy atom. The fraction of sp³-hybridized carbons (Fsp3) is 0.400. The lowest BCUT2D eigenvalue weighted by atomic mass is 9.98. The summed E-state index contributed by atoms with van der Waals surface area (Å²) in [6.07, 6.45) is 1.07. The Bertz CT molecular complexity index is 346. The first-order chi connectivity index (χ1) is 6.77. The Labute approximate surface area is 82.1 Å². The maximum atomic E-state index is 10.6. The van der Waals surface area contributed by atoms with Crippen LogP contribution in [0.5, 0.6) is 0 Å². The number of non-ortho nitro benzene ring substituents is 1. The molecule has 4 heteroatoms. The largest absolute Gasteiger partial charge is 0.316 e. The lowest BCUT2D eigenvalue weighted by molar-refractivity contribution is -0.384. The summed E-state index contributed by atoms with van der Waals surface area (Å²) in [5.41, 5.74) is 1.26. The normalized spacial score (nSPS) is 21.0. The summed E-state index contributed by atoms with van der Waals surface area (Å²) in [7, 11) is 0. The molecule has 4 nitrogen and oxygen atoms in total. The van der Waals surface area contributed by atoms with E-state index in [-0.39, 0.29) is 10.6 Å². The van der Waals surface area contributed by atoms with Crippen molar-refractivity contribution in [1.29, 1.82) is 0 Å². The quantitative estimate of drug-likeness (QED) is 0.572. The van der Waals surface area contributed by atoms with E-state index < -0.39 is 0 Å². The summed E-state index contributed by atoms with van der Waals surface area (Å²) in [5.74, 6) is 0.440. The van der Waals surface area contributed by atoms with Crippen LogP contribution >= 0.6 is 0 Å². The van der Waals surface area contributed by atoms with Gasteiger partial charge < -0.3 is 5.32 Å². The Hall–Kier alpha value is -1.42. The predicted molar refractivity (Wildman–Crippen MR) is 53.3 cm³/mol. The van der Waals surface area contributed by atoms with Gasteiger partial charge in [-0.15, -0.1) is 0 Å². The predicted octanol–water partition coefficient (Wildman–Crippen LogP) is 1.67. The molecule has 74 valence electrons. The van der Waals surface area contributed by atoms with Gasteiger partial charge in [-0.3, -0.25) is 10.1 Å². The number of nitro groups is 1.